The smallest absolute Gasteiger partial charge is 0.333 e. The predicted molar refractivity (Wildman–Crippen MR) is 85.0 cm³/mol. The van der Waals surface area contributed by atoms with E-state index in [1.807, 2.05) is 13.8 Å². The zero-order valence-electron chi connectivity index (χ0n) is 12.8. The van der Waals surface area contributed by atoms with Crippen LogP contribution in [0, 0.1) is 0 Å². The van der Waals surface area contributed by atoms with Gasteiger partial charge in [0.2, 0.25) is 0 Å². The molecule has 21 heavy (non-hydrogen) atoms. The van der Waals surface area contributed by atoms with E-state index in [9.17, 15) is 4.79 Å². The largest absolute Gasteiger partial charge is 0.463 e. The van der Waals surface area contributed by atoms with Gasteiger partial charge in [-0.25, -0.2) is 4.79 Å². The molecule has 1 aromatic carbocycles. The van der Waals surface area contributed by atoms with E-state index in [4.69, 9.17) is 4.74 Å². The van der Waals surface area contributed by atoms with Crippen molar-refractivity contribution in [3.8, 4) is 0 Å². The van der Waals surface area contributed by atoms with Crippen molar-refractivity contribution < 1.29 is 9.53 Å². The fourth-order valence-electron chi connectivity index (χ4n) is 3.63. The molecule has 110 valence electrons. The second-order valence-corrected chi connectivity index (χ2v) is 6.03. The molecule has 0 aromatic heterocycles. The zero-order chi connectivity index (χ0) is 14.9. The van der Waals surface area contributed by atoms with Crippen molar-refractivity contribution >= 4 is 12.0 Å². The molecule has 0 saturated heterocycles. The Morgan fingerprint density at radius 1 is 1.24 bits per heavy atom. The summed E-state index contributed by atoms with van der Waals surface area (Å²) in [5, 5.41) is 0. The number of hydrogen-bond donors (Lipinski definition) is 0. The molecule has 0 atom stereocenters. The second kappa shape index (κ2) is 5.51. The van der Waals surface area contributed by atoms with Crippen LogP contribution >= 0.6 is 0 Å². The minimum absolute atomic E-state index is 0.147. The second-order valence-electron chi connectivity index (χ2n) is 6.03. The average molecular weight is 282 g/mol. The first-order valence-electron chi connectivity index (χ1n) is 7.81. The Labute approximate surface area is 126 Å². The van der Waals surface area contributed by atoms with Crippen molar-refractivity contribution in [1.82, 2.24) is 0 Å². The molecule has 0 radical (unpaired) electrons. The van der Waals surface area contributed by atoms with Crippen LogP contribution in [-0.4, -0.2) is 12.6 Å². The lowest BCUT2D eigenvalue weighted by Gasteiger charge is -2.35. The van der Waals surface area contributed by atoms with E-state index in [1.54, 1.807) is 0 Å². The van der Waals surface area contributed by atoms with Gasteiger partial charge in [-0.05, 0) is 50.7 Å². The van der Waals surface area contributed by atoms with Gasteiger partial charge >= 0.3 is 5.97 Å². The maximum Gasteiger partial charge on any atom is 0.333 e. The Kier molecular flexibility index (Phi) is 3.71. The van der Waals surface area contributed by atoms with Gasteiger partial charge in [0.1, 0.15) is 0 Å². The molecule has 0 unspecified atom stereocenters. The Balaban J connectivity index is 1.79. The molecule has 1 spiro atoms. The monoisotopic (exact) mass is 282 g/mol. The van der Waals surface area contributed by atoms with Gasteiger partial charge < -0.3 is 4.74 Å². The summed E-state index contributed by atoms with van der Waals surface area (Å²) in [6.07, 6.45) is 8.78. The number of allylic oxidation sites excluding steroid dienone is 2. The quantitative estimate of drug-likeness (QED) is 0.593. The van der Waals surface area contributed by atoms with Gasteiger partial charge in [-0.2, -0.15) is 0 Å². The lowest BCUT2D eigenvalue weighted by Crippen LogP contribution is -2.26. The van der Waals surface area contributed by atoms with E-state index in [0.29, 0.717) is 6.61 Å². The number of esters is 1. The minimum Gasteiger partial charge on any atom is -0.463 e. The molecule has 1 fully saturated rings. The van der Waals surface area contributed by atoms with Crippen LogP contribution in [0.5, 0.6) is 0 Å². The lowest BCUT2D eigenvalue weighted by molar-refractivity contribution is -0.138. The van der Waals surface area contributed by atoms with Crippen molar-refractivity contribution in [3.05, 3.63) is 52.6 Å². The van der Waals surface area contributed by atoms with E-state index >= 15 is 0 Å². The molecule has 0 heterocycles. The topological polar surface area (TPSA) is 26.3 Å². The van der Waals surface area contributed by atoms with E-state index in [-0.39, 0.29) is 11.4 Å². The number of carbonyl (C=O) groups is 1. The van der Waals surface area contributed by atoms with Gasteiger partial charge in [0.25, 0.3) is 0 Å². The van der Waals surface area contributed by atoms with Crippen LogP contribution in [0.15, 0.2) is 41.5 Å². The molecule has 0 aliphatic heterocycles. The SMILES string of the molecule is CCOC(=O)C(C)=C1CCC2(C=Cc3ccccc32)CC1. The van der Waals surface area contributed by atoms with Crippen molar-refractivity contribution in [2.75, 3.05) is 6.61 Å². The molecule has 3 rings (SSSR count). The summed E-state index contributed by atoms with van der Waals surface area (Å²) in [6, 6.07) is 8.67. The summed E-state index contributed by atoms with van der Waals surface area (Å²) in [7, 11) is 0. The standard InChI is InChI=1S/C19H22O2/c1-3-21-18(20)14(2)15-8-11-19(12-9-15)13-10-16-6-4-5-7-17(16)19/h4-7,10,13H,3,8-9,11-12H2,1-2H3. The van der Waals surface area contributed by atoms with E-state index in [2.05, 4.69) is 36.4 Å². The number of rotatable bonds is 2. The number of carbonyl (C=O) groups excluding carboxylic acids is 1. The molecule has 2 aliphatic carbocycles. The van der Waals surface area contributed by atoms with Gasteiger partial charge in [-0.3, -0.25) is 0 Å². The van der Waals surface area contributed by atoms with Crippen LogP contribution in [0.1, 0.15) is 50.7 Å². The third-order valence-electron chi connectivity index (χ3n) is 4.94. The van der Waals surface area contributed by atoms with Crippen molar-refractivity contribution in [2.24, 2.45) is 0 Å². The molecule has 0 bridgehead atoms. The average Bonchev–Trinajstić information content (AvgIpc) is 2.87. The number of fused-ring (bicyclic) bond motifs is 2. The first-order chi connectivity index (χ1) is 10.2. The third-order valence-corrected chi connectivity index (χ3v) is 4.94. The Morgan fingerprint density at radius 3 is 2.67 bits per heavy atom. The Morgan fingerprint density at radius 2 is 1.95 bits per heavy atom. The fraction of sp³-hybridized carbons (Fsp3) is 0.421. The van der Waals surface area contributed by atoms with Crippen molar-refractivity contribution in [3.63, 3.8) is 0 Å². The summed E-state index contributed by atoms with van der Waals surface area (Å²) in [6.45, 7) is 4.21. The molecule has 0 N–H and O–H groups in total. The maximum absolute atomic E-state index is 11.9. The first-order valence-corrected chi connectivity index (χ1v) is 7.81. The van der Waals surface area contributed by atoms with Gasteiger partial charge in [0.15, 0.2) is 0 Å². The summed E-state index contributed by atoms with van der Waals surface area (Å²) in [5.74, 6) is -0.147. The fourth-order valence-corrected chi connectivity index (χ4v) is 3.63. The van der Waals surface area contributed by atoms with Gasteiger partial charge in [0.05, 0.1) is 6.61 Å². The van der Waals surface area contributed by atoms with Crippen LogP contribution in [0.2, 0.25) is 0 Å². The van der Waals surface area contributed by atoms with Crippen LogP contribution in [0.3, 0.4) is 0 Å². The van der Waals surface area contributed by atoms with Crippen LogP contribution < -0.4 is 0 Å². The minimum atomic E-state index is -0.147. The highest BCUT2D eigenvalue weighted by Gasteiger charge is 2.37. The predicted octanol–water partition coefficient (Wildman–Crippen LogP) is 4.40. The molecular weight excluding hydrogens is 260 g/mol. The lowest BCUT2D eigenvalue weighted by atomic mass is 9.69. The maximum atomic E-state index is 11.9. The molecule has 0 amide bonds. The Bertz CT molecular complexity index is 612. The Hall–Kier alpha value is -1.83. The van der Waals surface area contributed by atoms with Crippen molar-refractivity contribution in [1.29, 1.82) is 0 Å². The van der Waals surface area contributed by atoms with Gasteiger partial charge in [0, 0.05) is 11.0 Å². The third kappa shape index (κ3) is 2.44. The highest BCUT2D eigenvalue weighted by Crippen LogP contribution is 2.48. The van der Waals surface area contributed by atoms with Crippen molar-refractivity contribution in [2.45, 2.75) is 44.9 Å². The molecule has 2 aliphatic rings. The normalized spacial score (nSPS) is 23.2. The highest BCUT2D eigenvalue weighted by molar-refractivity contribution is 5.88. The van der Waals surface area contributed by atoms with E-state index < -0.39 is 0 Å². The van der Waals surface area contributed by atoms with Crippen LogP contribution in [-0.2, 0) is 14.9 Å². The number of hydrogen-bond acceptors (Lipinski definition) is 2. The van der Waals surface area contributed by atoms with Gasteiger partial charge in [-0.15, -0.1) is 0 Å². The zero-order valence-corrected chi connectivity index (χ0v) is 12.8. The van der Waals surface area contributed by atoms with E-state index in [1.165, 1.54) is 16.7 Å². The molecule has 2 nitrogen and oxygen atoms in total. The summed E-state index contributed by atoms with van der Waals surface area (Å²) in [4.78, 5) is 11.9. The van der Waals surface area contributed by atoms with Gasteiger partial charge in [-0.1, -0.05) is 42.0 Å². The molecule has 1 aromatic rings. The first kappa shape index (κ1) is 14.1. The molecular formula is C19H22O2. The summed E-state index contributed by atoms with van der Waals surface area (Å²) >= 11 is 0. The summed E-state index contributed by atoms with van der Waals surface area (Å²) in [5.41, 5.74) is 5.10. The highest BCUT2D eigenvalue weighted by atomic mass is 16.5. The number of ether oxygens (including phenoxy) is 1. The molecule has 2 heteroatoms. The summed E-state index contributed by atoms with van der Waals surface area (Å²) < 4.78 is 5.12. The van der Waals surface area contributed by atoms with Crippen LogP contribution in [0.4, 0.5) is 0 Å². The molecule has 1 saturated carbocycles. The number of benzene rings is 1. The van der Waals surface area contributed by atoms with E-state index in [0.717, 1.165) is 31.3 Å². The van der Waals surface area contributed by atoms with Crippen LogP contribution in [0.25, 0.3) is 6.08 Å².